The van der Waals surface area contributed by atoms with Crippen LogP contribution in [-0.2, 0) is 16.0 Å². The molecule has 0 spiro atoms. The number of rotatable bonds is 7. The van der Waals surface area contributed by atoms with Crippen LogP contribution in [0.4, 0.5) is 4.79 Å². The number of urea groups is 1. The van der Waals surface area contributed by atoms with Crippen LogP contribution >= 0.6 is 15.9 Å². The highest BCUT2D eigenvalue weighted by atomic mass is 79.9. The number of benzene rings is 1. The van der Waals surface area contributed by atoms with Crippen LogP contribution < -0.4 is 10.6 Å². The lowest BCUT2D eigenvalue weighted by Crippen LogP contribution is -2.36. The molecule has 2 N–H and O–H groups in total. The normalized spacial score (nSPS) is 10.1. The molecule has 0 bridgehead atoms. The molecule has 0 radical (unpaired) electrons. The minimum absolute atomic E-state index is 0.174. The molecule has 0 aromatic heterocycles. The highest BCUT2D eigenvalue weighted by molar-refractivity contribution is 9.10. The third-order valence-corrected chi connectivity index (χ3v) is 2.60. The molecular formula is C12H17BrN2O3. The van der Waals surface area contributed by atoms with E-state index >= 15 is 0 Å². The first-order valence-corrected chi connectivity index (χ1v) is 6.34. The second-order valence-electron chi connectivity index (χ2n) is 3.53. The first kappa shape index (κ1) is 14.9. The van der Waals surface area contributed by atoms with E-state index in [0.717, 1.165) is 10.0 Å². The third-order valence-electron chi connectivity index (χ3n) is 2.11. The molecule has 0 saturated heterocycles. The summed E-state index contributed by atoms with van der Waals surface area (Å²) in [5.74, 6) is 0. The lowest BCUT2D eigenvalue weighted by Gasteiger charge is -2.08. The summed E-state index contributed by atoms with van der Waals surface area (Å²) in [7, 11) is 1.60. The van der Waals surface area contributed by atoms with Crippen LogP contribution in [0.15, 0.2) is 28.7 Å². The van der Waals surface area contributed by atoms with Crippen molar-refractivity contribution in [2.75, 3.05) is 27.1 Å². The van der Waals surface area contributed by atoms with Gasteiger partial charge in [0.1, 0.15) is 6.73 Å². The summed E-state index contributed by atoms with van der Waals surface area (Å²) in [4.78, 5) is 11.4. The number of hydrogen-bond acceptors (Lipinski definition) is 3. The number of halogens is 1. The molecule has 5 nitrogen and oxygen atoms in total. The van der Waals surface area contributed by atoms with Gasteiger partial charge in [-0.2, -0.15) is 0 Å². The monoisotopic (exact) mass is 316 g/mol. The van der Waals surface area contributed by atoms with E-state index in [1.807, 2.05) is 24.3 Å². The van der Waals surface area contributed by atoms with Gasteiger partial charge in [0.15, 0.2) is 0 Å². The highest BCUT2D eigenvalue weighted by Crippen LogP contribution is 2.11. The standard InChI is InChI=1S/C12H17BrN2O3/c1-17-5-6-18-9-15-12(16)14-8-10-3-2-4-11(13)7-10/h2-4,7H,5-6,8-9H2,1H3,(H2,14,15,16). The lowest BCUT2D eigenvalue weighted by atomic mass is 10.2. The fourth-order valence-corrected chi connectivity index (χ4v) is 1.67. The molecule has 0 aliphatic rings. The molecule has 2 amide bonds. The van der Waals surface area contributed by atoms with Crippen LogP contribution in [-0.4, -0.2) is 33.1 Å². The molecule has 0 atom stereocenters. The SMILES string of the molecule is COCCOCNC(=O)NCc1cccc(Br)c1. The van der Waals surface area contributed by atoms with Gasteiger partial charge < -0.3 is 20.1 Å². The Bertz CT molecular complexity index is 374. The highest BCUT2D eigenvalue weighted by Gasteiger charge is 2.00. The number of ether oxygens (including phenoxy) is 2. The quantitative estimate of drug-likeness (QED) is 0.596. The molecular weight excluding hydrogens is 300 g/mol. The van der Waals surface area contributed by atoms with Crippen LogP contribution in [0.2, 0.25) is 0 Å². The molecule has 1 aromatic carbocycles. The first-order valence-electron chi connectivity index (χ1n) is 5.55. The summed E-state index contributed by atoms with van der Waals surface area (Å²) in [6.45, 7) is 1.63. The van der Waals surface area contributed by atoms with Crippen molar-refractivity contribution in [1.82, 2.24) is 10.6 Å². The minimum atomic E-state index is -0.257. The second-order valence-corrected chi connectivity index (χ2v) is 4.45. The zero-order valence-electron chi connectivity index (χ0n) is 10.2. The van der Waals surface area contributed by atoms with Crippen LogP contribution in [0.5, 0.6) is 0 Å². The topological polar surface area (TPSA) is 59.6 Å². The molecule has 0 saturated carbocycles. The largest absolute Gasteiger partial charge is 0.382 e. The summed E-state index contributed by atoms with van der Waals surface area (Å²) < 4.78 is 10.9. The number of carbonyl (C=O) groups excluding carboxylic acids is 1. The molecule has 0 aliphatic heterocycles. The maximum atomic E-state index is 11.4. The summed E-state index contributed by atoms with van der Waals surface area (Å²) in [5, 5.41) is 5.32. The Labute approximate surface area is 115 Å². The van der Waals surface area contributed by atoms with E-state index in [1.54, 1.807) is 7.11 Å². The molecule has 100 valence electrons. The average molecular weight is 317 g/mol. The molecule has 0 aliphatic carbocycles. The third kappa shape index (κ3) is 6.58. The predicted octanol–water partition coefficient (Wildman–Crippen LogP) is 1.87. The van der Waals surface area contributed by atoms with Gasteiger partial charge in [0.05, 0.1) is 13.2 Å². The Morgan fingerprint density at radius 1 is 1.33 bits per heavy atom. The molecule has 18 heavy (non-hydrogen) atoms. The Hall–Kier alpha value is -1.11. The molecule has 0 unspecified atom stereocenters. The van der Waals surface area contributed by atoms with Crippen LogP contribution in [0.3, 0.4) is 0 Å². The average Bonchev–Trinajstić information content (AvgIpc) is 2.36. The summed E-state index contributed by atoms with van der Waals surface area (Å²) in [5.41, 5.74) is 1.03. The van der Waals surface area contributed by atoms with E-state index in [9.17, 15) is 4.79 Å². The summed E-state index contributed by atoms with van der Waals surface area (Å²) in [6.07, 6.45) is 0. The van der Waals surface area contributed by atoms with Gasteiger partial charge in [0.2, 0.25) is 0 Å². The van der Waals surface area contributed by atoms with Crippen molar-refractivity contribution in [2.45, 2.75) is 6.54 Å². The second kappa shape index (κ2) is 8.91. The molecule has 0 fully saturated rings. The van der Waals surface area contributed by atoms with Crippen LogP contribution in [0.1, 0.15) is 5.56 Å². The van der Waals surface area contributed by atoms with Crippen LogP contribution in [0, 0.1) is 0 Å². The van der Waals surface area contributed by atoms with Gasteiger partial charge in [-0.1, -0.05) is 28.1 Å². The predicted molar refractivity (Wildman–Crippen MR) is 72.2 cm³/mol. The first-order chi connectivity index (χ1) is 8.72. The van der Waals surface area contributed by atoms with Gasteiger partial charge in [-0.15, -0.1) is 0 Å². The van der Waals surface area contributed by atoms with Gasteiger partial charge >= 0.3 is 6.03 Å². The van der Waals surface area contributed by atoms with Crippen molar-refractivity contribution in [3.63, 3.8) is 0 Å². The molecule has 0 heterocycles. The Kier molecular flexibility index (Phi) is 7.40. The van der Waals surface area contributed by atoms with Crippen molar-refractivity contribution in [3.05, 3.63) is 34.3 Å². The number of nitrogens with one attached hydrogen (secondary N) is 2. The van der Waals surface area contributed by atoms with Crippen molar-refractivity contribution in [3.8, 4) is 0 Å². The van der Waals surface area contributed by atoms with E-state index in [0.29, 0.717) is 19.8 Å². The Morgan fingerprint density at radius 2 is 2.17 bits per heavy atom. The van der Waals surface area contributed by atoms with E-state index in [1.165, 1.54) is 0 Å². The lowest BCUT2D eigenvalue weighted by molar-refractivity contribution is 0.0642. The van der Waals surface area contributed by atoms with E-state index in [-0.39, 0.29) is 12.8 Å². The molecule has 1 aromatic rings. The van der Waals surface area contributed by atoms with E-state index in [2.05, 4.69) is 26.6 Å². The summed E-state index contributed by atoms with van der Waals surface area (Å²) in [6, 6.07) is 7.50. The number of methoxy groups -OCH3 is 1. The van der Waals surface area contributed by atoms with Crippen molar-refractivity contribution in [1.29, 1.82) is 0 Å². The maximum absolute atomic E-state index is 11.4. The number of hydrogen-bond donors (Lipinski definition) is 2. The zero-order valence-corrected chi connectivity index (χ0v) is 11.8. The van der Waals surface area contributed by atoms with Gasteiger partial charge in [0.25, 0.3) is 0 Å². The molecule has 1 rings (SSSR count). The minimum Gasteiger partial charge on any atom is -0.382 e. The summed E-state index contributed by atoms with van der Waals surface area (Å²) >= 11 is 3.37. The Balaban J connectivity index is 2.13. The number of carbonyl (C=O) groups is 1. The maximum Gasteiger partial charge on any atom is 0.316 e. The van der Waals surface area contributed by atoms with Crippen molar-refractivity contribution in [2.24, 2.45) is 0 Å². The smallest absolute Gasteiger partial charge is 0.316 e. The van der Waals surface area contributed by atoms with E-state index < -0.39 is 0 Å². The molecule has 6 heteroatoms. The van der Waals surface area contributed by atoms with E-state index in [4.69, 9.17) is 9.47 Å². The van der Waals surface area contributed by atoms with Gasteiger partial charge in [-0.3, -0.25) is 0 Å². The van der Waals surface area contributed by atoms with Crippen molar-refractivity contribution >= 4 is 22.0 Å². The fourth-order valence-electron chi connectivity index (χ4n) is 1.22. The van der Waals surface area contributed by atoms with Crippen molar-refractivity contribution < 1.29 is 14.3 Å². The van der Waals surface area contributed by atoms with Gasteiger partial charge in [0, 0.05) is 18.1 Å². The fraction of sp³-hybridized carbons (Fsp3) is 0.417. The van der Waals surface area contributed by atoms with Gasteiger partial charge in [-0.05, 0) is 17.7 Å². The Morgan fingerprint density at radius 3 is 2.89 bits per heavy atom. The van der Waals surface area contributed by atoms with Crippen LogP contribution in [0.25, 0.3) is 0 Å². The number of amides is 2. The van der Waals surface area contributed by atoms with Gasteiger partial charge in [-0.25, -0.2) is 4.79 Å². The zero-order chi connectivity index (χ0) is 13.2.